The number of rotatable bonds is 6. The van der Waals surface area contributed by atoms with Gasteiger partial charge in [-0.25, -0.2) is 0 Å². The normalized spacial score (nSPS) is 12.6. The van der Waals surface area contributed by atoms with Crippen LogP contribution in [-0.2, 0) is 12.8 Å². The average molecular weight is 296 g/mol. The smallest absolute Gasteiger partial charge is 0.0704 e. The molecule has 2 heterocycles. The van der Waals surface area contributed by atoms with E-state index in [0.29, 0.717) is 0 Å². The maximum absolute atomic E-state index is 6.32. The van der Waals surface area contributed by atoms with E-state index < -0.39 is 0 Å². The van der Waals surface area contributed by atoms with E-state index in [1.807, 2.05) is 23.6 Å². The molecule has 0 radical (unpaired) electrons. The van der Waals surface area contributed by atoms with Crippen molar-refractivity contribution in [1.29, 1.82) is 0 Å². The molecule has 0 saturated carbocycles. The van der Waals surface area contributed by atoms with E-state index in [-0.39, 0.29) is 6.04 Å². The van der Waals surface area contributed by atoms with Crippen molar-refractivity contribution in [1.82, 2.24) is 4.98 Å². The van der Waals surface area contributed by atoms with E-state index >= 15 is 0 Å². The zero-order valence-corrected chi connectivity index (χ0v) is 12.9. The number of aromatic nitrogens is 1. The standard InChI is InChI=1S/C18H20N2S/c19-15(5-3-6-16-7-4-12-21-16)13-14-10-11-20-18-9-2-1-8-17(14)18/h1-2,4,7-12,15H,3,5-6,13,19H2. The second kappa shape index (κ2) is 6.83. The average Bonchev–Trinajstić information content (AvgIpc) is 3.01. The minimum absolute atomic E-state index is 0.218. The molecule has 2 N–H and O–H groups in total. The summed E-state index contributed by atoms with van der Waals surface area (Å²) in [6.45, 7) is 0. The lowest BCUT2D eigenvalue weighted by Crippen LogP contribution is -2.23. The lowest BCUT2D eigenvalue weighted by molar-refractivity contribution is 0.583. The van der Waals surface area contributed by atoms with Crippen molar-refractivity contribution >= 4 is 22.2 Å². The van der Waals surface area contributed by atoms with Crippen molar-refractivity contribution in [2.24, 2.45) is 5.73 Å². The fourth-order valence-corrected chi connectivity index (χ4v) is 3.46. The molecule has 3 aromatic rings. The summed E-state index contributed by atoms with van der Waals surface area (Å²) in [4.78, 5) is 5.86. The number of pyridine rings is 1. The number of aryl methyl sites for hydroxylation is 1. The van der Waals surface area contributed by atoms with E-state index in [4.69, 9.17) is 5.73 Å². The summed E-state index contributed by atoms with van der Waals surface area (Å²) in [6.07, 6.45) is 6.17. The first kappa shape index (κ1) is 14.2. The molecule has 0 aliphatic rings. The number of fused-ring (bicyclic) bond motifs is 1. The highest BCUT2D eigenvalue weighted by atomic mass is 32.1. The van der Waals surface area contributed by atoms with Crippen molar-refractivity contribution in [2.75, 3.05) is 0 Å². The van der Waals surface area contributed by atoms with Crippen molar-refractivity contribution in [3.05, 3.63) is 64.5 Å². The first-order valence-corrected chi connectivity index (χ1v) is 8.31. The molecule has 3 rings (SSSR count). The summed E-state index contributed by atoms with van der Waals surface area (Å²) >= 11 is 1.83. The molecule has 0 aliphatic carbocycles. The van der Waals surface area contributed by atoms with E-state index in [0.717, 1.165) is 31.2 Å². The topological polar surface area (TPSA) is 38.9 Å². The first-order chi connectivity index (χ1) is 10.3. The van der Waals surface area contributed by atoms with Gasteiger partial charge in [-0.3, -0.25) is 4.98 Å². The lowest BCUT2D eigenvalue weighted by atomic mass is 9.99. The molecule has 0 amide bonds. The van der Waals surface area contributed by atoms with Crippen LogP contribution < -0.4 is 5.73 Å². The van der Waals surface area contributed by atoms with Gasteiger partial charge in [-0.2, -0.15) is 0 Å². The maximum atomic E-state index is 6.32. The second-order valence-electron chi connectivity index (χ2n) is 5.42. The Labute approximate surface area is 129 Å². The molecule has 0 bridgehead atoms. The highest BCUT2D eigenvalue weighted by Gasteiger charge is 2.08. The summed E-state index contributed by atoms with van der Waals surface area (Å²) in [7, 11) is 0. The van der Waals surface area contributed by atoms with Crippen LogP contribution in [0.3, 0.4) is 0 Å². The summed E-state index contributed by atoms with van der Waals surface area (Å²) in [5, 5.41) is 3.37. The zero-order valence-electron chi connectivity index (χ0n) is 12.0. The van der Waals surface area contributed by atoms with Gasteiger partial charge >= 0.3 is 0 Å². The van der Waals surface area contributed by atoms with Gasteiger partial charge in [-0.05, 0) is 54.8 Å². The van der Waals surface area contributed by atoms with Gasteiger partial charge in [0.25, 0.3) is 0 Å². The fourth-order valence-electron chi connectivity index (χ4n) is 2.71. The Kier molecular flexibility index (Phi) is 4.63. The van der Waals surface area contributed by atoms with Crippen LogP contribution in [0.1, 0.15) is 23.3 Å². The third kappa shape index (κ3) is 3.69. The Balaban J connectivity index is 1.59. The largest absolute Gasteiger partial charge is 0.327 e. The van der Waals surface area contributed by atoms with Crippen LogP contribution in [0.4, 0.5) is 0 Å². The monoisotopic (exact) mass is 296 g/mol. The minimum atomic E-state index is 0.218. The third-order valence-electron chi connectivity index (χ3n) is 3.80. The van der Waals surface area contributed by atoms with Gasteiger partial charge in [0.1, 0.15) is 0 Å². The first-order valence-electron chi connectivity index (χ1n) is 7.43. The van der Waals surface area contributed by atoms with Gasteiger partial charge in [-0.15, -0.1) is 11.3 Å². The van der Waals surface area contributed by atoms with Crippen LogP contribution in [-0.4, -0.2) is 11.0 Å². The third-order valence-corrected chi connectivity index (χ3v) is 4.74. The summed E-state index contributed by atoms with van der Waals surface area (Å²) in [5.41, 5.74) is 8.68. The van der Waals surface area contributed by atoms with E-state index in [1.54, 1.807) is 0 Å². The Morgan fingerprint density at radius 3 is 2.86 bits per heavy atom. The number of thiophene rings is 1. The zero-order chi connectivity index (χ0) is 14.5. The molecule has 0 aliphatic heterocycles. The van der Waals surface area contributed by atoms with Gasteiger partial charge in [0, 0.05) is 22.5 Å². The number of nitrogens with zero attached hydrogens (tertiary/aromatic N) is 1. The van der Waals surface area contributed by atoms with Crippen LogP contribution in [0.2, 0.25) is 0 Å². The van der Waals surface area contributed by atoms with E-state index in [1.165, 1.54) is 15.8 Å². The van der Waals surface area contributed by atoms with Crippen LogP contribution in [0.15, 0.2) is 54.0 Å². The number of hydrogen-bond donors (Lipinski definition) is 1. The van der Waals surface area contributed by atoms with Gasteiger partial charge in [0.15, 0.2) is 0 Å². The lowest BCUT2D eigenvalue weighted by Gasteiger charge is -2.13. The molecule has 0 fully saturated rings. The molecule has 21 heavy (non-hydrogen) atoms. The summed E-state index contributed by atoms with van der Waals surface area (Å²) < 4.78 is 0. The SMILES string of the molecule is NC(CCCc1cccs1)Cc1ccnc2ccccc12. The number of para-hydroxylation sites is 1. The van der Waals surface area contributed by atoms with Crippen molar-refractivity contribution < 1.29 is 0 Å². The molecule has 1 unspecified atom stereocenters. The Hall–Kier alpha value is -1.71. The van der Waals surface area contributed by atoms with Crippen molar-refractivity contribution in [2.45, 2.75) is 31.7 Å². The quantitative estimate of drug-likeness (QED) is 0.741. The van der Waals surface area contributed by atoms with Crippen LogP contribution >= 0.6 is 11.3 Å². The van der Waals surface area contributed by atoms with Gasteiger partial charge in [-0.1, -0.05) is 24.3 Å². The highest BCUT2D eigenvalue weighted by Crippen LogP contribution is 2.19. The Morgan fingerprint density at radius 1 is 1.10 bits per heavy atom. The molecular formula is C18H20N2S. The molecule has 3 heteroatoms. The number of nitrogens with two attached hydrogens (primary N) is 1. The number of benzene rings is 1. The van der Waals surface area contributed by atoms with E-state index in [9.17, 15) is 0 Å². The van der Waals surface area contributed by atoms with E-state index in [2.05, 4.69) is 46.8 Å². The molecule has 0 saturated heterocycles. The van der Waals surface area contributed by atoms with Gasteiger partial charge in [0.2, 0.25) is 0 Å². The van der Waals surface area contributed by atoms with Gasteiger partial charge < -0.3 is 5.73 Å². The van der Waals surface area contributed by atoms with Crippen molar-refractivity contribution in [3.63, 3.8) is 0 Å². The van der Waals surface area contributed by atoms with Crippen LogP contribution in [0.25, 0.3) is 10.9 Å². The molecule has 1 aromatic carbocycles. The predicted molar refractivity (Wildman–Crippen MR) is 90.7 cm³/mol. The van der Waals surface area contributed by atoms with Gasteiger partial charge in [0.05, 0.1) is 5.52 Å². The Morgan fingerprint density at radius 2 is 2.00 bits per heavy atom. The molecule has 0 spiro atoms. The highest BCUT2D eigenvalue weighted by molar-refractivity contribution is 7.09. The molecule has 1 atom stereocenters. The summed E-state index contributed by atoms with van der Waals surface area (Å²) in [6, 6.07) is 14.9. The van der Waals surface area contributed by atoms with Crippen LogP contribution in [0.5, 0.6) is 0 Å². The minimum Gasteiger partial charge on any atom is -0.327 e. The maximum Gasteiger partial charge on any atom is 0.0704 e. The molecular weight excluding hydrogens is 276 g/mol. The number of hydrogen-bond acceptors (Lipinski definition) is 3. The molecule has 108 valence electrons. The predicted octanol–water partition coefficient (Wildman–Crippen LogP) is 4.19. The molecule has 2 nitrogen and oxygen atoms in total. The van der Waals surface area contributed by atoms with Crippen LogP contribution in [0, 0.1) is 0 Å². The molecule has 2 aromatic heterocycles. The van der Waals surface area contributed by atoms with Crippen molar-refractivity contribution in [3.8, 4) is 0 Å². The fraction of sp³-hybridized carbons (Fsp3) is 0.278. The summed E-state index contributed by atoms with van der Waals surface area (Å²) in [5.74, 6) is 0. The Bertz CT molecular complexity index is 686. The second-order valence-corrected chi connectivity index (χ2v) is 6.46.